The molecule has 0 radical (unpaired) electrons. The summed E-state index contributed by atoms with van der Waals surface area (Å²) in [5, 5.41) is 0. The zero-order valence-corrected chi connectivity index (χ0v) is 13.8. The van der Waals surface area contributed by atoms with Crippen molar-refractivity contribution in [3.05, 3.63) is 29.6 Å². The topological polar surface area (TPSA) is 68.7 Å². The van der Waals surface area contributed by atoms with Crippen molar-refractivity contribution in [2.45, 2.75) is 45.6 Å². The average molecular weight is 324 g/mol. The Hall–Kier alpha value is -2.18. The van der Waals surface area contributed by atoms with Crippen molar-refractivity contribution < 1.29 is 23.5 Å². The molecule has 0 saturated carbocycles. The molecule has 2 rings (SSSR count). The molecule has 0 bridgehead atoms. The maximum atomic E-state index is 14.8. The van der Waals surface area contributed by atoms with Gasteiger partial charge in [0.2, 0.25) is 0 Å². The summed E-state index contributed by atoms with van der Waals surface area (Å²) in [6.07, 6.45) is -0.540. The predicted molar refractivity (Wildman–Crippen MR) is 80.3 cm³/mol. The first-order valence-corrected chi connectivity index (χ1v) is 7.36. The molecule has 7 heteroatoms. The van der Waals surface area contributed by atoms with Crippen molar-refractivity contribution >= 4 is 12.1 Å². The summed E-state index contributed by atoms with van der Waals surface area (Å²) in [4.78, 5) is 28.2. The van der Waals surface area contributed by atoms with Gasteiger partial charge in [-0.3, -0.25) is 9.78 Å². The molecule has 1 aromatic rings. The van der Waals surface area contributed by atoms with Crippen LogP contribution in [0.4, 0.5) is 9.18 Å². The molecule has 0 spiro atoms. The summed E-state index contributed by atoms with van der Waals surface area (Å²) in [6, 6.07) is 4.86. The molecule has 1 aliphatic rings. The maximum Gasteiger partial charge on any atom is 0.410 e. The van der Waals surface area contributed by atoms with Gasteiger partial charge in [-0.25, -0.2) is 9.18 Å². The van der Waals surface area contributed by atoms with Gasteiger partial charge in [0.1, 0.15) is 12.2 Å². The van der Waals surface area contributed by atoms with Gasteiger partial charge in [-0.2, -0.15) is 0 Å². The number of hydrogen-bond acceptors (Lipinski definition) is 5. The zero-order valence-electron chi connectivity index (χ0n) is 13.8. The van der Waals surface area contributed by atoms with Crippen LogP contribution in [0.5, 0.6) is 0 Å². The van der Waals surface area contributed by atoms with Gasteiger partial charge in [0.15, 0.2) is 5.67 Å². The summed E-state index contributed by atoms with van der Waals surface area (Å²) in [6.45, 7) is 6.35. The first kappa shape index (κ1) is 17.2. The Morgan fingerprint density at radius 2 is 2.00 bits per heavy atom. The van der Waals surface area contributed by atoms with E-state index in [4.69, 9.17) is 9.47 Å². The molecule has 2 heterocycles. The van der Waals surface area contributed by atoms with E-state index in [9.17, 15) is 14.0 Å². The number of aromatic nitrogens is 1. The average Bonchev–Trinajstić information content (AvgIpc) is 2.40. The lowest BCUT2D eigenvalue weighted by Gasteiger charge is -2.44. The number of esters is 1. The second kappa shape index (κ2) is 6.14. The van der Waals surface area contributed by atoms with E-state index in [0.717, 1.165) is 0 Å². The van der Waals surface area contributed by atoms with E-state index in [1.165, 1.54) is 11.8 Å². The van der Waals surface area contributed by atoms with Crippen LogP contribution in [0.3, 0.4) is 0 Å². The zero-order chi connectivity index (χ0) is 17.3. The van der Waals surface area contributed by atoms with Crippen LogP contribution in [-0.2, 0) is 26.5 Å². The first-order valence-electron chi connectivity index (χ1n) is 7.36. The number of hydrogen-bond donors (Lipinski definition) is 0. The number of ether oxygens (including phenoxy) is 2. The Labute approximate surface area is 134 Å². The van der Waals surface area contributed by atoms with Gasteiger partial charge in [0.05, 0.1) is 24.5 Å². The van der Waals surface area contributed by atoms with Crippen LogP contribution in [0, 0.1) is 0 Å². The highest BCUT2D eigenvalue weighted by atomic mass is 19.1. The number of carbonyl (C=O) groups excluding carboxylic acids is 2. The van der Waals surface area contributed by atoms with Gasteiger partial charge >= 0.3 is 12.1 Å². The molecule has 1 saturated heterocycles. The highest BCUT2D eigenvalue weighted by molar-refractivity contribution is 5.70. The lowest BCUT2D eigenvalue weighted by atomic mass is 9.92. The molecule has 1 fully saturated rings. The smallest absolute Gasteiger partial charge is 0.410 e. The molecular formula is C16H21FN2O4. The summed E-state index contributed by atoms with van der Waals surface area (Å²) < 4.78 is 24.9. The van der Waals surface area contributed by atoms with Crippen LogP contribution in [0.25, 0.3) is 0 Å². The SMILES string of the molecule is CC(=O)OCc1cccc(C2(F)CN(C(=O)OC(C)(C)C)C2)n1. The molecule has 1 aromatic heterocycles. The highest BCUT2D eigenvalue weighted by Crippen LogP contribution is 2.35. The fourth-order valence-electron chi connectivity index (χ4n) is 2.16. The highest BCUT2D eigenvalue weighted by Gasteiger charge is 2.49. The van der Waals surface area contributed by atoms with Gasteiger partial charge in [-0.1, -0.05) is 6.07 Å². The predicted octanol–water partition coefficient (Wildman–Crippen LogP) is 2.56. The molecular weight excluding hydrogens is 303 g/mol. The second-order valence-electron chi connectivity index (χ2n) is 6.60. The van der Waals surface area contributed by atoms with Crippen molar-refractivity contribution in [2.24, 2.45) is 0 Å². The molecule has 23 heavy (non-hydrogen) atoms. The number of amides is 1. The normalized spacial score (nSPS) is 16.5. The van der Waals surface area contributed by atoms with Crippen LogP contribution in [-0.4, -0.2) is 40.6 Å². The third-order valence-electron chi connectivity index (χ3n) is 3.22. The van der Waals surface area contributed by atoms with Crippen molar-refractivity contribution in [1.29, 1.82) is 0 Å². The van der Waals surface area contributed by atoms with E-state index in [1.807, 2.05) is 0 Å². The molecule has 126 valence electrons. The Bertz CT molecular complexity index is 606. The van der Waals surface area contributed by atoms with Gasteiger partial charge in [-0.15, -0.1) is 0 Å². The monoisotopic (exact) mass is 324 g/mol. The Morgan fingerprint density at radius 1 is 1.35 bits per heavy atom. The van der Waals surface area contributed by atoms with Crippen LogP contribution < -0.4 is 0 Å². The minimum Gasteiger partial charge on any atom is -0.459 e. The van der Waals surface area contributed by atoms with E-state index in [0.29, 0.717) is 5.69 Å². The third-order valence-corrected chi connectivity index (χ3v) is 3.22. The fraction of sp³-hybridized carbons (Fsp3) is 0.562. The summed E-state index contributed by atoms with van der Waals surface area (Å²) in [5.74, 6) is -0.424. The number of carbonyl (C=O) groups is 2. The molecule has 1 aliphatic heterocycles. The summed E-state index contributed by atoms with van der Waals surface area (Å²) >= 11 is 0. The third kappa shape index (κ3) is 4.40. The van der Waals surface area contributed by atoms with Crippen LogP contribution >= 0.6 is 0 Å². The fourth-order valence-corrected chi connectivity index (χ4v) is 2.16. The number of likely N-dealkylation sites (tertiary alicyclic amines) is 1. The number of alkyl halides is 1. The summed E-state index contributed by atoms with van der Waals surface area (Å²) in [7, 11) is 0. The maximum absolute atomic E-state index is 14.8. The van der Waals surface area contributed by atoms with E-state index in [-0.39, 0.29) is 25.4 Å². The first-order chi connectivity index (χ1) is 10.6. The molecule has 0 N–H and O–H groups in total. The van der Waals surface area contributed by atoms with E-state index in [2.05, 4.69) is 4.98 Å². The number of halogens is 1. The van der Waals surface area contributed by atoms with E-state index < -0.39 is 23.3 Å². The van der Waals surface area contributed by atoms with Crippen LogP contribution in [0.15, 0.2) is 18.2 Å². The van der Waals surface area contributed by atoms with Gasteiger partial charge < -0.3 is 14.4 Å². The molecule has 6 nitrogen and oxygen atoms in total. The lowest BCUT2D eigenvalue weighted by molar-refractivity contribution is -0.142. The summed E-state index contributed by atoms with van der Waals surface area (Å²) in [5.41, 5.74) is -1.64. The van der Waals surface area contributed by atoms with Gasteiger partial charge in [0.25, 0.3) is 0 Å². The van der Waals surface area contributed by atoms with E-state index >= 15 is 0 Å². The van der Waals surface area contributed by atoms with Gasteiger partial charge in [0, 0.05) is 6.92 Å². The molecule has 0 aliphatic carbocycles. The lowest BCUT2D eigenvalue weighted by Crippen LogP contribution is -2.60. The quantitative estimate of drug-likeness (QED) is 0.799. The number of rotatable bonds is 3. The van der Waals surface area contributed by atoms with Crippen LogP contribution in [0.1, 0.15) is 39.1 Å². The van der Waals surface area contributed by atoms with Crippen molar-refractivity contribution in [1.82, 2.24) is 9.88 Å². The Balaban J connectivity index is 1.99. The molecule has 0 atom stereocenters. The number of pyridine rings is 1. The largest absolute Gasteiger partial charge is 0.459 e. The van der Waals surface area contributed by atoms with Crippen LogP contribution in [0.2, 0.25) is 0 Å². The molecule has 0 unspecified atom stereocenters. The van der Waals surface area contributed by atoms with E-state index in [1.54, 1.807) is 39.0 Å². The Morgan fingerprint density at radius 3 is 2.57 bits per heavy atom. The van der Waals surface area contributed by atoms with Crippen molar-refractivity contribution in [3.8, 4) is 0 Å². The standard InChI is InChI=1S/C16H21FN2O4/c1-11(20)22-8-12-6-5-7-13(18-12)16(17)9-19(10-16)14(21)23-15(2,3)4/h5-7H,8-10H2,1-4H3. The van der Waals surface area contributed by atoms with Crippen molar-refractivity contribution in [2.75, 3.05) is 13.1 Å². The second-order valence-corrected chi connectivity index (χ2v) is 6.60. The molecule has 0 aromatic carbocycles. The van der Waals surface area contributed by atoms with Crippen molar-refractivity contribution in [3.63, 3.8) is 0 Å². The van der Waals surface area contributed by atoms with Gasteiger partial charge in [-0.05, 0) is 32.9 Å². The number of nitrogens with zero attached hydrogens (tertiary/aromatic N) is 2. The Kier molecular flexibility index (Phi) is 4.58. The minimum absolute atomic E-state index is 0.00493. The minimum atomic E-state index is -1.71. The molecule has 1 amide bonds.